The van der Waals surface area contributed by atoms with Gasteiger partial charge >= 0.3 is 0 Å². The quantitative estimate of drug-likeness (QED) is 0.766. The SMILES string of the molecule is COc1ccc2c(=O)[nH]c(C)nc2c1C. The Morgan fingerprint density at radius 2 is 2.07 bits per heavy atom. The van der Waals surface area contributed by atoms with E-state index in [-0.39, 0.29) is 5.56 Å². The van der Waals surface area contributed by atoms with Crippen molar-refractivity contribution in [3.8, 4) is 5.75 Å². The topological polar surface area (TPSA) is 55.0 Å². The molecular weight excluding hydrogens is 192 g/mol. The Morgan fingerprint density at radius 1 is 1.33 bits per heavy atom. The number of hydrogen-bond acceptors (Lipinski definition) is 3. The number of methoxy groups -OCH3 is 1. The van der Waals surface area contributed by atoms with E-state index in [1.807, 2.05) is 6.92 Å². The predicted molar refractivity (Wildman–Crippen MR) is 58.4 cm³/mol. The minimum absolute atomic E-state index is 0.108. The van der Waals surface area contributed by atoms with E-state index in [1.165, 1.54) is 0 Å². The molecule has 1 heterocycles. The molecule has 0 saturated heterocycles. The number of aromatic amines is 1. The lowest BCUT2D eigenvalue weighted by molar-refractivity contribution is 0.412. The standard InChI is InChI=1S/C11H12N2O2/c1-6-9(15-3)5-4-8-10(6)12-7(2)13-11(8)14/h4-5H,1-3H3,(H,12,13,14). The highest BCUT2D eigenvalue weighted by molar-refractivity contribution is 5.82. The minimum atomic E-state index is -0.108. The number of ether oxygens (including phenoxy) is 1. The van der Waals surface area contributed by atoms with Crippen molar-refractivity contribution in [1.29, 1.82) is 0 Å². The lowest BCUT2D eigenvalue weighted by Gasteiger charge is -2.07. The number of hydrogen-bond donors (Lipinski definition) is 1. The molecular formula is C11H12N2O2. The lowest BCUT2D eigenvalue weighted by Crippen LogP contribution is -2.10. The molecule has 0 aliphatic heterocycles. The number of nitrogens with zero attached hydrogens (tertiary/aromatic N) is 1. The first-order valence-electron chi connectivity index (χ1n) is 4.67. The van der Waals surface area contributed by atoms with Crippen LogP contribution in [0.3, 0.4) is 0 Å². The van der Waals surface area contributed by atoms with Crippen LogP contribution in [0, 0.1) is 13.8 Å². The van der Waals surface area contributed by atoms with Gasteiger partial charge < -0.3 is 9.72 Å². The van der Waals surface area contributed by atoms with Crippen molar-refractivity contribution >= 4 is 10.9 Å². The fourth-order valence-corrected chi connectivity index (χ4v) is 1.66. The van der Waals surface area contributed by atoms with E-state index in [0.717, 1.165) is 11.3 Å². The molecule has 2 rings (SSSR count). The Hall–Kier alpha value is -1.84. The summed E-state index contributed by atoms with van der Waals surface area (Å²) in [6, 6.07) is 3.51. The molecule has 0 amide bonds. The van der Waals surface area contributed by atoms with Crippen LogP contribution in [0.15, 0.2) is 16.9 Å². The zero-order chi connectivity index (χ0) is 11.0. The molecule has 0 aliphatic rings. The summed E-state index contributed by atoms with van der Waals surface area (Å²) in [5.41, 5.74) is 1.49. The molecule has 2 aromatic rings. The third-order valence-corrected chi connectivity index (χ3v) is 2.42. The summed E-state index contributed by atoms with van der Waals surface area (Å²) < 4.78 is 5.18. The minimum Gasteiger partial charge on any atom is -0.496 e. The van der Waals surface area contributed by atoms with Crippen molar-refractivity contribution in [3.63, 3.8) is 0 Å². The first-order chi connectivity index (χ1) is 7.13. The van der Waals surface area contributed by atoms with Crippen molar-refractivity contribution in [2.45, 2.75) is 13.8 Å². The van der Waals surface area contributed by atoms with E-state index in [2.05, 4.69) is 9.97 Å². The van der Waals surface area contributed by atoms with E-state index >= 15 is 0 Å². The van der Waals surface area contributed by atoms with Crippen LogP contribution in [0.25, 0.3) is 10.9 Å². The summed E-state index contributed by atoms with van der Waals surface area (Å²) in [6.07, 6.45) is 0. The van der Waals surface area contributed by atoms with Crippen molar-refractivity contribution in [2.24, 2.45) is 0 Å². The Kier molecular flexibility index (Phi) is 2.19. The molecule has 0 aliphatic carbocycles. The fraction of sp³-hybridized carbons (Fsp3) is 0.273. The predicted octanol–water partition coefficient (Wildman–Crippen LogP) is 1.55. The smallest absolute Gasteiger partial charge is 0.258 e. The van der Waals surface area contributed by atoms with Gasteiger partial charge in [0.05, 0.1) is 18.0 Å². The summed E-state index contributed by atoms with van der Waals surface area (Å²) in [6.45, 7) is 3.66. The Morgan fingerprint density at radius 3 is 2.73 bits per heavy atom. The second-order valence-corrected chi connectivity index (χ2v) is 3.44. The molecule has 4 nitrogen and oxygen atoms in total. The van der Waals surface area contributed by atoms with Gasteiger partial charge in [0.25, 0.3) is 5.56 Å². The monoisotopic (exact) mass is 204 g/mol. The molecule has 1 N–H and O–H groups in total. The first-order valence-corrected chi connectivity index (χ1v) is 4.67. The molecule has 78 valence electrons. The van der Waals surface area contributed by atoms with Gasteiger partial charge in [-0.1, -0.05) is 0 Å². The molecule has 0 atom stereocenters. The fourth-order valence-electron chi connectivity index (χ4n) is 1.66. The van der Waals surface area contributed by atoms with Crippen LogP contribution in [-0.2, 0) is 0 Å². The average molecular weight is 204 g/mol. The van der Waals surface area contributed by atoms with Gasteiger partial charge in [0.2, 0.25) is 0 Å². The highest BCUT2D eigenvalue weighted by atomic mass is 16.5. The van der Waals surface area contributed by atoms with Crippen LogP contribution in [0.2, 0.25) is 0 Å². The van der Waals surface area contributed by atoms with Gasteiger partial charge in [-0.05, 0) is 26.0 Å². The molecule has 0 unspecified atom stereocenters. The third-order valence-electron chi connectivity index (χ3n) is 2.42. The van der Waals surface area contributed by atoms with Gasteiger partial charge in [0, 0.05) is 5.56 Å². The van der Waals surface area contributed by atoms with Gasteiger partial charge in [-0.2, -0.15) is 0 Å². The molecule has 0 fully saturated rings. The van der Waals surface area contributed by atoms with Crippen molar-refractivity contribution in [3.05, 3.63) is 33.9 Å². The molecule has 0 saturated carbocycles. The van der Waals surface area contributed by atoms with E-state index < -0.39 is 0 Å². The number of aromatic nitrogens is 2. The van der Waals surface area contributed by atoms with Gasteiger partial charge in [-0.3, -0.25) is 4.79 Å². The number of H-pyrrole nitrogens is 1. The van der Waals surface area contributed by atoms with Crippen molar-refractivity contribution in [2.75, 3.05) is 7.11 Å². The maximum Gasteiger partial charge on any atom is 0.258 e. The molecule has 1 aromatic carbocycles. The van der Waals surface area contributed by atoms with E-state index in [0.29, 0.717) is 16.7 Å². The van der Waals surface area contributed by atoms with Gasteiger partial charge in [-0.25, -0.2) is 4.98 Å². The summed E-state index contributed by atoms with van der Waals surface area (Å²) in [5, 5.41) is 0.596. The third kappa shape index (κ3) is 1.48. The zero-order valence-corrected chi connectivity index (χ0v) is 8.92. The average Bonchev–Trinajstić information content (AvgIpc) is 2.19. The highest BCUT2D eigenvalue weighted by Gasteiger charge is 2.08. The number of aryl methyl sites for hydroxylation is 2. The van der Waals surface area contributed by atoms with Crippen molar-refractivity contribution < 1.29 is 4.74 Å². The van der Waals surface area contributed by atoms with Crippen LogP contribution in [0.5, 0.6) is 5.75 Å². The molecule has 15 heavy (non-hydrogen) atoms. The van der Waals surface area contributed by atoms with Crippen LogP contribution >= 0.6 is 0 Å². The number of nitrogens with one attached hydrogen (secondary N) is 1. The molecule has 0 bridgehead atoms. The Bertz CT molecular complexity index is 573. The van der Waals surface area contributed by atoms with E-state index in [9.17, 15) is 4.79 Å². The van der Waals surface area contributed by atoms with E-state index in [1.54, 1.807) is 26.2 Å². The second kappa shape index (κ2) is 3.38. The van der Waals surface area contributed by atoms with Gasteiger partial charge in [-0.15, -0.1) is 0 Å². The first kappa shape index (κ1) is 9.71. The lowest BCUT2D eigenvalue weighted by atomic mass is 10.1. The zero-order valence-electron chi connectivity index (χ0n) is 8.92. The number of fused-ring (bicyclic) bond motifs is 1. The van der Waals surface area contributed by atoms with Crippen LogP contribution in [-0.4, -0.2) is 17.1 Å². The summed E-state index contributed by atoms with van der Waals surface area (Å²) >= 11 is 0. The molecule has 0 radical (unpaired) electrons. The maximum absolute atomic E-state index is 11.6. The number of benzene rings is 1. The Labute approximate surface area is 86.9 Å². The van der Waals surface area contributed by atoms with Crippen LogP contribution in [0.1, 0.15) is 11.4 Å². The number of rotatable bonds is 1. The van der Waals surface area contributed by atoms with Crippen LogP contribution < -0.4 is 10.3 Å². The highest BCUT2D eigenvalue weighted by Crippen LogP contribution is 2.23. The normalized spacial score (nSPS) is 10.6. The largest absolute Gasteiger partial charge is 0.496 e. The van der Waals surface area contributed by atoms with Gasteiger partial charge in [0.15, 0.2) is 0 Å². The Balaban J connectivity index is 2.93. The van der Waals surface area contributed by atoms with E-state index in [4.69, 9.17) is 4.74 Å². The summed E-state index contributed by atoms with van der Waals surface area (Å²) in [7, 11) is 1.61. The summed E-state index contributed by atoms with van der Waals surface area (Å²) in [5.74, 6) is 1.36. The van der Waals surface area contributed by atoms with Crippen molar-refractivity contribution in [1.82, 2.24) is 9.97 Å². The maximum atomic E-state index is 11.6. The second-order valence-electron chi connectivity index (χ2n) is 3.44. The molecule has 0 spiro atoms. The van der Waals surface area contributed by atoms with Gasteiger partial charge in [0.1, 0.15) is 11.6 Å². The van der Waals surface area contributed by atoms with Crippen LogP contribution in [0.4, 0.5) is 0 Å². The molecule has 4 heteroatoms. The molecule has 1 aromatic heterocycles. The summed E-state index contributed by atoms with van der Waals surface area (Å²) in [4.78, 5) is 18.6.